The smallest absolute Gasteiger partial charge is 0.184 e. The molecule has 0 saturated heterocycles. The molecule has 3 aromatic carbocycles. The third-order valence-corrected chi connectivity index (χ3v) is 4.70. The largest absolute Gasteiger partial charge is 0.497 e. The molecule has 0 aliphatic rings. The highest BCUT2D eigenvalue weighted by molar-refractivity contribution is 6.33. The van der Waals surface area contributed by atoms with Crippen molar-refractivity contribution < 1.29 is 23.7 Å². The number of hydrogen-bond donors (Lipinski definition) is 0. The fourth-order valence-electron chi connectivity index (χ4n) is 2.69. The van der Waals surface area contributed by atoms with E-state index in [1.807, 2.05) is 48.5 Å². The average Bonchev–Trinajstić information content (AvgIpc) is 2.77. The van der Waals surface area contributed by atoms with Gasteiger partial charge in [0.1, 0.15) is 35.5 Å². The number of ether oxygens (including phenoxy) is 5. The Morgan fingerprint density at radius 1 is 0.586 bits per heavy atom. The molecule has 0 aliphatic carbocycles. The highest BCUT2D eigenvalue weighted by atomic mass is 35.5. The first-order valence-electron chi connectivity index (χ1n) is 9.02. The van der Waals surface area contributed by atoms with Crippen molar-refractivity contribution in [1.82, 2.24) is 0 Å². The molecule has 0 radical (unpaired) electrons. The second kappa shape index (κ2) is 9.94. The minimum Gasteiger partial charge on any atom is -0.497 e. The van der Waals surface area contributed by atoms with Crippen LogP contribution in [0.15, 0.2) is 60.7 Å². The van der Waals surface area contributed by atoms with Gasteiger partial charge in [-0.25, -0.2) is 0 Å². The zero-order chi connectivity index (χ0) is 20.6. The topological polar surface area (TPSA) is 46.2 Å². The van der Waals surface area contributed by atoms with E-state index >= 15 is 0 Å². The van der Waals surface area contributed by atoms with Gasteiger partial charge in [-0.05, 0) is 47.5 Å². The van der Waals surface area contributed by atoms with E-state index in [9.17, 15) is 0 Å². The Kier molecular flexibility index (Phi) is 7.09. The van der Waals surface area contributed by atoms with Gasteiger partial charge in [-0.15, -0.1) is 0 Å². The second-order valence-corrected chi connectivity index (χ2v) is 6.56. The standard InChI is InChI=1S/C23H23ClO5/c1-25-18-8-4-16(5-9-18)14-28-21-13-12-20(27-3)22(24)23(21)29-15-17-6-10-19(26-2)11-7-17/h4-13H,14-15H2,1-3H3. The summed E-state index contributed by atoms with van der Waals surface area (Å²) < 4.78 is 27.7. The average molecular weight is 415 g/mol. The van der Waals surface area contributed by atoms with E-state index in [0.29, 0.717) is 35.5 Å². The molecular weight excluding hydrogens is 392 g/mol. The summed E-state index contributed by atoms with van der Waals surface area (Å²) in [6.45, 7) is 0.696. The quantitative estimate of drug-likeness (QED) is 0.461. The fourth-order valence-corrected chi connectivity index (χ4v) is 2.97. The van der Waals surface area contributed by atoms with Crippen LogP contribution in [0.25, 0.3) is 0 Å². The van der Waals surface area contributed by atoms with Gasteiger partial charge < -0.3 is 23.7 Å². The number of methoxy groups -OCH3 is 3. The van der Waals surface area contributed by atoms with Gasteiger partial charge in [-0.1, -0.05) is 35.9 Å². The summed E-state index contributed by atoms with van der Waals surface area (Å²) in [4.78, 5) is 0. The lowest BCUT2D eigenvalue weighted by atomic mass is 10.2. The van der Waals surface area contributed by atoms with Crippen molar-refractivity contribution in [3.8, 4) is 28.7 Å². The monoisotopic (exact) mass is 414 g/mol. The first-order valence-corrected chi connectivity index (χ1v) is 9.40. The zero-order valence-electron chi connectivity index (χ0n) is 16.6. The maximum atomic E-state index is 6.48. The van der Waals surface area contributed by atoms with Gasteiger partial charge >= 0.3 is 0 Å². The molecule has 0 atom stereocenters. The zero-order valence-corrected chi connectivity index (χ0v) is 17.4. The van der Waals surface area contributed by atoms with Crippen molar-refractivity contribution in [3.05, 3.63) is 76.8 Å². The molecule has 0 N–H and O–H groups in total. The summed E-state index contributed by atoms with van der Waals surface area (Å²) in [7, 11) is 4.83. The molecule has 5 nitrogen and oxygen atoms in total. The van der Waals surface area contributed by atoms with E-state index in [-0.39, 0.29) is 0 Å². The molecule has 0 unspecified atom stereocenters. The van der Waals surface area contributed by atoms with Crippen LogP contribution in [-0.4, -0.2) is 21.3 Å². The maximum Gasteiger partial charge on any atom is 0.184 e. The van der Waals surface area contributed by atoms with Crippen LogP contribution in [0, 0.1) is 0 Å². The number of rotatable bonds is 9. The van der Waals surface area contributed by atoms with E-state index in [0.717, 1.165) is 22.6 Å². The molecule has 0 aromatic heterocycles. The molecule has 0 spiro atoms. The first kappa shape index (κ1) is 20.7. The van der Waals surface area contributed by atoms with Crippen molar-refractivity contribution in [2.24, 2.45) is 0 Å². The third kappa shape index (κ3) is 5.27. The van der Waals surface area contributed by atoms with Crippen LogP contribution in [0.2, 0.25) is 5.02 Å². The molecule has 0 bridgehead atoms. The molecule has 0 aliphatic heterocycles. The summed E-state index contributed by atoms with van der Waals surface area (Å²) >= 11 is 6.48. The molecule has 152 valence electrons. The van der Waals surface area contributed by atoms with Crippen molar-refractivity contribution >= 4 is 11.6 Å². The first-order chi connectivity index (χ1) is 14.1. The fraction of sp³-hybridized carbons (Fsp3) is 0.217. The molecule has 0 amide bonds. The van der Waals surface area contributed by atoms with Gasteiger partial charge in [0.15, 0.2) is 11.5 Å². The van der Waals surface area contributed by atoms with E-state index < -0.39 is 0 Å². The lowest BCUT2D eigenvalue weighted by molar-refractivity contribution is 0.254. The van der Waals surface area contributed by atoms with Crippen molar-refractivity contribution in [3.63, 3.8) is 0 Å². The van der Waals surface area contributed by atoms with Gasteiger partial charge in [0.05, 0.1) is 21.3 Å². The lowest BCUT2D eigenvalue weighted by Crippen LogP contribution is -2.02. The van der Waals surface area contributed by atoms with Crippen LogP contribution < -0.4 is 23.7 Å². The Bertz CT molecular complexity index is 923. The second-order valence-electron chi connectivity index (χ2n) is 6.18. The van der Waals surface area contributed by atoms with Crippen LogP contribution in [0.3, 0.4) is 0 Å². The van der Waals surface area contributed by atoms with Crippen LogP contribution >= 0.6 is 11.6 Å². The SMILES string of the molecule is COc1ccc(COc2ccc(OC)c(Cl)c2OCc2ccc(OC)cc2)cc1. The summed E-state index contributed by atoms with van der Waals surface area (Å²) in [5.74, 6) is 3.09. The predicted octanol–water partition coefficient (Wildman–Crippen LogP) is 5.52. The Labute approximate surface area is 175 Å². The molecule has 0 heterocycles. The Morgan fingerprint density at radius 3 is 1.55 bits per heavy atom. The van der Waals surface area contributed by atoms with Gasteiger partial charge in [0.25, 0.3) is 0 Å². The van der Waals surface area contributed by atoms with Gasteiger partial charge in [-0.2, -0.15) is 0 Å². The normalized spacial score (nSPS) is 10.3. The van der Waals surface area contributed by atoms with Crippen molar-refractivity contribution in [2.45, 2.75) is 13.2 Å². The predicted molar refractivity (Wildman–Crippen MR) is 113 cm³/mol. The van der Waals surface area contributed by atoms with Gasteiger partial charge in [0, 0.05) is 0 Å². The Morgan fingerprint density at radius 2 is 1.07 bits per heavy atom. The van der Waals surface area contributed by atoms with Gasteiger partial charge in [0.2, 0.25) is 0 Å². The van der Waals surface area contributed by atoms with Crippen LogP contribution in [-0.2, 0) is 13.2 Å². The Balaban J connectivity index is 1.75. The Hall–Kier alpha value is -3.05. The third-order valence-electron chi connectivity index (χ3n) is 4.34. The summed E-state index contributed by atoms with van der Waals surface area (Å²) in [6.07, 6.45) is 0. The summed E-state index contributed by atoms with van der Waals surface area (Å²) in [6, 6.07) is 18.9. The van der Waals surface area contributed by atoms with Crippen molar-refractivity contribution in [2.75, 3.05) is 21.3 Å². The molecule has 3 rings (SSSR count). The van der Waals surface area contributed by atoms with E-state index in [4.69, 9.17) is 35.3 Å². The van der Waals surface area contributed by atoms with E-state index in [2.05, 4.69) is 0 Å². The van der Waals surface area contributed by atoms with Crippen molar-refractivity contribution in [1.29, 1.82) is 0 Å². The minimum atomic E-state index is 0.329. The molecular formula is C23H23ClO5. The maximum absolute atomic E-state index is 6.48. The molecule has 0 saturated carbocycles. The highest BCUT2D eigenvalue weighted by Crippen LogP contribution is 2.42. The highest BCUT2D eigenvalue weighted by Gasteiger charge is 2.16. The molecule has 6 heteroatoms. The summed E-state index contributed by atoms with van der Waals surface area (Å²) in [5, 5.41) is 0.369. The van der Waals surface area contributed by atoms with Crippen LogP contribution in [0.5, 0.6) is 28.7 Å². The van der Waals surface area contributed by atoms with Crippen LogP contribution in [0.4, 0.5) is 0 Å². The molecule has 29 heavy (non-hydrogen) atoms. The molecule has 0 fully saturated rings. The molecule has 3 aromatic rings. The van der Waals surface area contributed by atoms with Gasteiger partial charge in [-0.3, -0.25) is 0 Å². The van der Waals surface area contributed by atoms with E-state index in [1.54, 1.807) is 33.5 Å². The summed E-state index contributed by atoms with van der Waals surface area (Å²) in [5.41, 5.74) is 1.98. The number of hydrogen-bond acceptors (Lipinski definition) is 5. The van der Waals surface area contributed by atoms with Crippen LogP contribution in [0.1, 0.15) is 11.1 Å². The lowest BCUT2D eigenvalue weighted by Gasteiger charge is -2.16. The minimum absolute atomic E-state index is 0.329. The number of halogens is 1. The number of benzene rings is 3. The van der Waals surface area contributed by atoms with E-state index in [1.165, 1.54) is 0 Å².